The summed E-state index contributed by atoms with van der Waals surface area (Å²) in [6.45, 7) is 6.69. The number of ether oxygens (including phenoxy) is 2. The number of benzene rings is 6. The quantitative estimate of drug-likeness (QED) is 0.167. The second kappa shape index (κ2) is 12.6. The molecule has 0 unspecified atom stereocenters. The molecule has 0 N–H and O–H groups in total. The van der Waals surface area contributed by atoms with Crippen molar-refractivity contribution in [3.8, 4) is 40.2 Å². The molecule has 11 rings (SSSR count). The number of hydrogen-bond acceptors (Lipinski definition) is 6. The van der Waals surface area contributed by atoms with Crippen LogP contribution in [0.25, 0.3) is 39.0 Å². The molecule has 0 aliphatic carbocycles. The van der Waals surface area contributed by atoms with E-state index in [-0.39, 0.29) is 12.5 Å². The summed E-state index contributed by atoms with van der Waals surface area (Å²) in [5, 5.41) is 2.31. The van der Waals surface area contributed by atoms with Crippen molar-refractivity contribution in [2.45, 2.75) is 26.2 Å². The van der Waals surface area contributed by atoms with Crippen LogP contribution in [-0.4, -0.2) is 26.1 Å². The highest BCUT2D eigenvalue weighted by Gasteiger charge is 2.46. The number of rotatable bonds is 4. The van der Waals surface area contributed by atoms with Crippen LogP contribution in [0.15, 0.2) is 170 Å². The Morgan fingerprint density at radius 3 is 2.07 bits per heavy atom. The van der Waals surface area contributed by atoms with E-state index in [0.717, 1.165) is 73.6 Å². The second-order valence-electron chi connectivity index (χ2n) is 15.6. The minimum Gasteiger partial charge on any atom is -0.457 e. The van der Waals surface area contributed by atoms with E-state index < -0.39 is 0 Å². The zero-order chi connectivity index (χ0) is 38.3. The topological polar surface area (TPSA) is 60.6 Å². The highest BCUT2D eigenvalue weighted by molar-refractivity contribution is 6.70. The summed E-state index contributed by atoms with van der Waals surface area (Å²) in [5.41, 5.74) is 8.19. The zero-order valence-electron chi connectivity index (χ0n) is 31.7. The first-order valence-corrected chi connectivity index (χ1v) is 19.3. The normalized spacial score (nSPS) is 13.2. The molecule has 0 bridgehead atoms. The third kappa shape index (κ3) is 5.30. The van der Waals surface area contributed by atoms with E-state index in [2.05, 4.69) is 161 Å². The van der Waals surface area contributed by atoms with Crippen molar-refractivity contribution >= 4 is 51.7 Å². The van der Waals surface area contributed by atoms with Gasteiger partial charge in [-0.3, -0.25) is 4.57 Å². The van der Waals surface area contributed by atoms with Crippen LogP contribution in [0.4, 0.5) is 22.7 Å². The minimum absolute atomic E-state index is 0.0160. The minimum atomic E-state index is -0.343. The molecule has 0 atom stereocenters. The van der Waals surface area contributed by atoms with Gasteiger partial charge in [0.15, 0.2) is 0 Å². The van der Waals surface area contributed by atoms with Gasteiger partial charge in [-0.1, -0.05) is 81.4 Å². The van der Waals surface area contributed by atoms with E-state index in [1.165, 1.54) is 10.9 Å². The molecule has 0 radical (unpaired) electrons. The van der Waals surface area contributed by atoms with E-state index >= 15 is 0 Å². The van der Waals surface area contributed by atoms with E-state index in [9.17, 15) is 0 Å². The smallest absolute Gasteiger partial charge is 0.457 e. The molecule has 5 heterocycles. The third-order valence-electron chi connectivity index (χ3n) is 11.1. The number of imidazole rings is 1. The highest BCUT2D eigenvalue weighted by Crippen LogP contribution is 2.51. The van der Waals surface area contributed by atoms with Crippen molar-refractivity contribution in [1.29, 1.82) is 0 Å². The van der Waals surface area contributed by atoms with Crippen molar-refractivity contribution in [3.05, 3.63) is 176 Å². The summed E-state index contributed by atoms with van der Waals surface area (Å²) in [5.74, 6) is 4.70. The third-order valence-corrected chi connectivity index (χ3v) is 11.1. The fourth-order valence-electron chi connectivity index (χ4n) is 8.41. The maximum Gasteiger partial charge on any atom is 0.520 e. The van der Waals surface area contributed by atoms with Crippen LogP contribution < -0.4 is 19.1 Å². The van der Waals surface area contributed by atoms with E-state index in [1.54, 1.807) is 0 Å². The first kappa shape index (κ1) is 33.1. The lowest BCUT2D eigenvalue weighted by Crippen LogP contribution is -2.57. The molecule has 6 aromatic carbocycles. The lowest BCUT2D eigenvalue weighted by atomic mass is 9.78. The van der Waals surface area contributed by atoms with Gasteiger partial charge >= 0.3 is 7.12 Å². The Morgan fingerprint density at radius 1 is 0.579 bits per heavy atom. The molecule has 9 heteroatoms. The van der Waals surface area contributed by atoms with Gasteiger partial charge in [-0.2, -0.15) is 0 Å². The molecule has 274 valence electrons. The number of pyridine rings is 1. The lowest BCUT2D eigenvalue weighted by molar-refractivity contribution is 0.483. The molecular formula is C48H37BN6O2. The van der Waals surface area contributed by atoms with Crippen LogP contribution in [0.2, 0.25) is 0 Å². The fraction of sp³-hybridized carbons (Fsp3) is 0.0833. The van der Waals surface area contributed by atoms with Crippen LogP contribution in [-0.2, 0) is 5.41 Å². The molecule has 0 spiro atoms. The largest absolute Gasteiger partial charge is 0.520 e. The van der Waals surface area contributed by atoms with Gasteiger partial charge in [0.2, 0.25) is 0 Å². The molecule has 57 heavy (non-hydrogen) atoms. The Bertz CT molecular complexity index is 3000. The summed E-state index contributed by atoms with van der Waals surface area (Å²) in [7, 11) is -0.343. The first-order valence-electron chi connectivity index (χ1n) is 19.3. The van der Waals surface area contributed by atoms with Gasteiger partial charge < -0.3 is 23.6 Å². The van der Waals surface area contributed by atoms with Gasteiger partial charge in [0.1, 0.15) is 34.6 Å². The number of para-hydroxylation sites is 6. The molecule has 3 aromatic heterocycles. The molecule has 9 aromatic rings. The van der Waals surface area contributed by atoms with Gasteiger partial charge in [0.05, 0.1) is 22.4 Å². The molecular weight excluding hydrogens is 703 g/mol. The SMILES string of the molecule is CC(C)(C)c1ccnc(-n2c3ccccc3c3ccc(Oc4ccc5c(c4)-c4nccn4B4N(c6ccccc6)c6ccccc6Oc6ccccc6N45)cc32)c1. The predicted octanol–water partition coefficient (Wildman–Crippen LogP) is 12.1. The molecule has 8 nitrogen and oxygen atoms in total. The first-order chi connectivity index (χ1) is 27.9. The fourth-order valence-corrected chi connectivity index (χ4v) is 8.41. The van der Waals surface area contributed by atoms with E-state index in [4.69, 9.17) is 19.4 Å². The number of hydrogen-bond donors (Lipinski definition) is 0. The average Bonchev–Trinajstić information content (AvgIpc) is 3.85. The lowest BCUT2D eigenvalue weighted by Gasteiger charge is -2.44. The van der Waals surface area contributed by atoms with E-state index in [0.29, 0.717) is 5.75 Å². The summed E-state index contributed by atoms with van der Waals surface area (Å²) in [6, 6.07) is 52.3. The average molecular weight is 741 g/mol. The number of anilines is 4. The van der Waals surface area contributed by atoms with Crippen molar-refractivity contribution in [1.82, 2.24) is 19.0 Å². The molecule has 0 saturated carbocycles. The highest BCUT2D eigenvalue weighted by atomic mass is 16.5. The van der Waals surface area contributed by atoms with Gasteiger partial charge in [-0.15, -0.1) is 0 Å². The van der Waals surface area contributed by atoms with Crippen molar-refractivity contribution < 1.29 is 9.47 Å². The number of aromatic nitrogens is 4. The second-order valence-corrected chi connectivity index (χ2v) is 15.6. The maximum atomic E-state index is 6.77. The van der Waals surface area contributed by atoms with Gasteiger partial charge in [-0.25, -0.2) is 9.97 Å². The van der Waals surface area contributed by atoms with Crippen LogP contribution >= 0.6 is 0 Å². The monoisotopic (exact) mass is 740 g/mol. The van der Waals surface area contributed by atoms with Crippen LogP contribution in [0.3, 0.4) is 0 Å². The number of fused-ring (bicyclic) bond motifs is 12. The van der Waals surface area contributed by atoms with Crippen molar-refractivity contribution in [3.63, 3.8) is 0 Å². The summed E-state index contributed by atoms with van der Waals surface area (Å²) in [4.78, 5) is 14.5. The van der Waals surface area contributed by atoms with Gasteiger partial charge in [0, 0.05) is 52.4 Å². The predicted molar refractivity (Wildman–Crippen MR) is 230 cm³/mol. The molecule has 0 fully saturated rings. The molecule has 2 aliphatic rings. The summed E-state index contributed by atoms with van der Waals surface area (Å²) < 4.78 is 18.0. The Kier molecular flexibility index (Phi) is 7.35. The summed E-state index contributed by atoms with van der Waals surface area (Å²) in [6.07, 6.45) is 5.84. The molecule has 0 saturated heterocycles. The molecule has 2 aliphatic heterocycles. The Labute approximate surface area is 331 Å². The maximum absolute atomic E-state index is 6.77. The van der Waals surface area contributed by atoms with Crippen molar-refractivity contribution in [2.75, 3.05) is 9.62 Å². The van der Waals surface area contributed by atoms with E-state index in [1.807, 2.05) is 48.8 Å². The van der Waals surface area contributed by atoms with Gasteiger partial charge in [0.25, 0.3) is 0 Å². The van der Waals surface area contributed by atoms with Crippen LogP contribution in [0, 0.1) is 0 Å². The Hall–Kier alpha value is -7.26. The Balaban J connectivity index is 1.05. The Morgan fingerprint density at radius 2 is 1.26 bits per heavy atom. The summed E-state index contributed by atoms with van der Waals surface area (Å²) >= 11 is 0. The van der Waals surface area contributed by atoms with Crippen LogP contribution in [0.5, 0.6) is 23.0 Å². The number of nitrogens with zero attached hydrogens (tertiary/aromatic N) is 6. The van der Waals surface area contributed by atoms with Gasteiger partial charge in [-0.05, 0) is 95.9 Å². The molecule has 0 amide bonds. The zero-order valence-corrected chi connectivity index (χ0v) is 31.7. The standard InChI is InChI=1S/C48H37BN6O2/c1-48(2,3)32-25-26-50-46(29-32)53-39-16-8-7-15-36(39)37-23-21-35(31-43(37)53)56-34-22-24-40-38(30-34)47-51-27-28-52(47)49-54(33-13-5-4-6-14-33)41-17-9-11-19-44(41)57-45-20-12-10-18-42(45)55(40)49/h4-31H,1-3H3. The van der Waals surface area contributed by atoms with Crippen LogP contribution in [0.1, 0.15) is 26.3 Å². The van der Waals surface area contributed by atoms with Crippen molar-refractivity contribution in [2.24, 2.45) is 0 Å².